The highest BCUT2D eigenvalue weighted by molar-refractivity contribution is 8.03. The Bertz CT molecular complexity index is 945. The maximum atomic E-state index is 12.0. The minimum atomic E-state index is -0.912. The molecular weight excluding hydrogens is 378 g/mol. The molecule has 142 valence electrons. The second-order valence-corrected chi connectivity index (χ2v) is 6.58. The Morgan fingerprint density at radius 2 is 1.89 bits per heavy atom. The van der Waals surface area contributed by atoms with Crippen molar-refractivity contribution in [3.63, 3.8) is 0 Å². The van der Waals surface area contributed by atoms with Gasteiger partial charge in [0.2, 0.25) is 0 Å². The highest BCUT2D eigenvalue weighted by atomic mass is 32.2. The van der Waals surface area contributed by atoms with Gasteiger partial charge in [0.1, 0.15) is 11.2 Å². The summed E-state index contributed by atoms with van der Waals surface area (Å²) in [5, 5.41) is 22.1. The zero-order chi connectivity index (χ0) is 20.5. The number of amides is 1. The van der Waals surface area contributed by atoms with E-state index in [-0.39, 0.29) is 0 Å². The summed E-state index contributed by atoms with van der Waals surface area (Å²) in [6.07, 6.45) is -0.912. The molecule has 0 aromatic heterocycles. The molecule has 0 aliphatic carbocycles. The minimum absolute atomic E-state index is 0.416. The van der Waals surface area contributed by atoms with Gasteiger partial charge in [0.05, 0.1) is 11.6 Å². The number of thioether (sulfide) groups is 1. The van der Waals surface area contributed by atoms with Gasteiger partial charge >= 0.3 is 5.97 Å². The van der Waals surface area contributed by atoms with E-state index in [9.17, 15) is 9.59 Å². The van der Waals surface area contributed by atoms with Crippen LogP contribution in [0.1, 0.15) is 18.1 Å². The van der Waals surface area contributed by atoms with E-state index in [0.717, 1.165) is 22.2 Å². The standard InChI is InChI=1S/C20H17N3O4S/c1-13-9-17(28-12-22)7-8-18(13)23-19(24)11-26-20(25)14(2)27-16-5-3-15(10-21)4-6-16/h3-9,14H,11H2,1-2H3,(H,23,24)/t14-/m0/s1. The Morgan fingerprint density at radius 1 is 1.18 bits per heavy atom. The van der Waals surface area contributed by atoms with Gasteiger partial charge in [0.25, 0.3) is 5.91 Å². The van der Waals surface area contributed by atoms with Crippen molar-refractivity contribution >= 4 is 29.3 Å². The Kier molecular flexibility index (Phi) is 7.44. The third-order valence-corrected chi connectivity index (χ3v) is 4.19. The van der Waals surface area contributed by atoms with E-state index in [0.29, 0.717) is 17.0 Å². The minimum Gasteiger partial charge on any atom is -0.479 e. The zero-order valence-electron chi connectivity index (χ0n) is 15.3. The van der Waals surface area contributed by atoms with Crippen LogP contribution in [0.2, 0.25) is 0 Å². The molecule has 0 saturated carbocycles. The van der Waals surface area contributed by atoms with Gasteiger partial charge in [0.15, 0.2) is 12.7 Å². The lowest BCUT2D eigenvalue weighted by molar-refractivity contribution is -0.153. The molecule has 0 unspecified atom stereocenters. The molecule has 0 aliphatic rings. The molecule has 28 heavy (non-hydrogen) atoms. The Morgan fingerprint density at radius 3 is 2.50 bits per heavy atom. The summed E-state index contributed by atoms with van der Waals surface area (Å²) < 4.78 is 10.4. The van der Waals surface area contributed by atoms with Crippen molar-refractivity contribution in [3.8, 4) is 17.2 Å². The van der Waals surface area contributed by atoms with Crippen LogP contribution >= 0.6 is 11.8 Å². The number of nitriles is 2. The molecule has 1 N–H and O–H groups in total. The molecule has 0 aliphatic heterocycles. The van der Waals surface area contributed by atoms with Gasteiger partial charge in [-0.25, -0.2) is 4.79 Å². The number of carbonyl (C=O) groups is 2. The van der Waals surface area contributed by atoms with Crippen molar-refractivity contribution in [1.29, 1.82) is 10.5 Å². The molecule has 2 aromatic rings. The van der Waals surface area contributed by atoms with Crippen molar-refractivity contribution in [2.24, 2.45) is 0 Å². The predicted octanol–water partition coefficient (Wildman–Crippen LogP) is 3.39. The first-order valence-electron chi connectivity index (χ1n) is 8.23. The van der Waals surface area contributed by atoms with E-state index >= 15 is 0 Å². The Balaban J connectivity index is 1.83. The fourth-order valence-corrected chi connectivity index (χ4v) is 2.67. The second kappa shape index (κ2) is 10.0. The van der Waals surface area contributed by atoms with Crippen molar-refractivity contribution in [3.05, 3.63) is 53.6 Å². The van der Waals surface area contributed by atoms with Gasteiger partial charge in [-0.3, -0.25) is 4.79 Å². The molecule has 2 rings (SSSR count). The number of aryl methyl sites for hydroxylation is 1. The van der Waals surface area contributed by atoms with Crippen LogP contribution in [0.15, 0.2) is 47.4 Å². The third-order valence-electron chi connectivity index (χ3n) is 3.61. The molecule has 0 saturated heterocycles. The van der Waals surface area contributed by atoms with Crippen LogP contribution in [-0.4, -0.2) is 24.6 Å². The number of carbonyl (C=O) groups excluding carboxylic acids is 2. The smallest absolute Gasteiger partial charge is 0.347 e. The first-order valence-corrected chi connectivity index (χ1v) is 9.04. The third kappa shape index (κ3) is 6.04. The molecule has 0 radical (unpaired) electrons. The topological polar surface area (TPSA) is 112 Å². The number of nitrogens with one attached hydrogen (secondary N) is 1. The summed E-state index contributed by atoms with van der Waals surface area (Å²) in [7, 11) is 0. The highest BCUT2D eigenvalue weighted by Crippen LogP contribution is 2.23. The molecule has 0 fully saturated rings. The normalized spacial score (nSPS) is 10.9. The lowest BCUT2D eigenvalue weighted by Crippen LogP contribution is -2.29. The summed E-state index contributed by atoms with van der Waals surface area (Å²) in [5.74, 6) is -0.751. The number of rotatable bonds is 7. The van der Waals surface area contributed by atoms with E-state index in [1.165, 1.54) is 6.92 Å². The average molecular weight is 395 g/mol. The molecule has 8 heteroatoms. The van der Waals surface area contributed by atoms with Crippen molar-refractivity contribution < 1.29 is 19.1 Å². The summed E-state index contributed by atoms with van der Waals surface area (Å²) in [4.78, 5) is 24.8. The number of ether oxygens (including phenoxy) is 2. The Hall–Kier alpha value is -3.49. The zero-order valence-corrected chi connectivity index (χ0v) is 16.1. The maximum absolute atomic E-state index is 12.0. The van der Waals surface area contributed by atoms with Crippen molar-refractivity contribution in [1.82, 2.24) is 0 Å². The fraction of sp³-hybridized carbons (Fsp3) is 0.200. The van der Waals surface area contributed by atoms with Crippen LogP contribution in [0.4, 0.5) is 5.69 Å². The lowest BCUT2D eigenvalue weighted by atomic mass is 10.2. The Labute approximate surface area is 166 Å². The van der Waals surface area contributed by atoms with Gasteiger partial charge in [0, 0.05) is 10.6 Å². The van der Waals surface area contributed by atoms with E-state index in [1.54, 1.807) is 49.4 Å². The first-order chi connectivity index (χ1) is 13.4. The summed E-state index contributed by atoms with van der Waals surface area (Å²) in [6.45, 7) is 2.86. The average Bonchev–Trinajstić information content (AvgIpc) is 2.69. The van der Waals surface area contributed by atoms with E-state index in [4.69, 9.17) is 20.0 Å². The number of nitrogens with zero attached hydrogens (tertiary/aromatic N) is 2. The maximum Gasteiger partial charge on any atom is 0.347 e. The second-order valence-electron chi connectivity index (χ2n) is 5.72. The molecule has 1 amide bonds. The number of esters is 1. The number of thiocyanates is 1. The number of anilines is 1. The van der Waals surface area contributed by atoms with E-state index < -0.39 is 24.6 Å². The van der Waals surface area contributed by atoms with Crippen LogP contribution in [0.3, 0.4) is 0 Å². The van der Waals surface area contributed by atoms with E-state index in [1.807, 2.05) is 11.5 Å². The number of hydrogen-bond acceptors (Lipinski definition) is 7. The molecule has 1 atom stereocenters. The van der Waals surface area contributed by atoms with Crippen LogP contribution < -0.4 is 10.1 Å². The monoisotopic (exact) mass is 395 g/mol. The SMILES string of the molecule is Cc1cc(SC#N)ccc1NC(=O)COC(=O)[C@H](C)Oc1ccc(C#N)cc1. The van der Waals surface area contributed by atoms with Gasteiger partial charge in [-0.05, 0) is 73.6 Å². The molecule has 7 nitrogen and oxygen atoms in total. The first kappa shape index (κ1) is 20.8. The van der Waals surface area contributed by atoms with Crippen LogP contribution in [0, 0.1) is 28.9 Å². The summed E-state index contributed by atoms with van der Waals surface area (Å²) in [6, 6.07) is 13.5. The largest absolute Gasteiger partial charge is 0.479 e. The molecule has 0 bridgehead atoms. The van der Waals surface area contributed by atoms with Gasteiger partial charge in [-0.15, -0.1) is 0 Å². The van der Waals surface area contributed by atoms with Gasteiger partial charge < -0.3 is 14.8 Å². The van der Waals surface area contributed by atoms with Crippen molar-refractivity contribution in [2.75, 3.05) is 11.9 Å². The fourth-order valence-electron chi connectivity index (χ4n) is 2.19. The van der Waals surface area contributed by atoms with Crippen LogP contribution in [0.5, 0.6) is 5.75 Å². The predicted molar refractivity (Wildman–Crippen MR) is 103 cm³/mol. The summed E-state index contributed by atoms with van der Waals surface area (Å²) in [5.41, 5.74) is 1.84. The molecule has 0 spiro atoms. The molecule has 2 aromatic carbocycles. The van der Waals surface area contributed by atoms with Crippen LogP contribution in [0.25, 0.3) is 0 Å². The highest BCUT2D eigenvalue weighted by Gasteiger charge is 2.18. The summed E-state index contributed by atoms with van der Waals surface area (Å²) >= 11 is 1.03. The quantitative estimate of drug-likeness (QED) is 0.434. The number of hydrogen-bond donors (Lipinski definition) is 1. The van der Waals surface area contributed by atoms with Gasteiger partial charge in [-0.2, -0.15) is 10.5 Å². The van der Waals surface area contributed by atoms with E-state index in [2.05, 4.69) is 5.32 Å². The van der Waals surface area contributed by atoms with Gasteiger partial charge in [-0.1, -0.05) is 0 Å². The van der Waals surface area contributed by atoms with Crippen molar-refractivity contribution in [2.45, 2.75) is 24.8 Å². The molecular formula is C20H17N3O4S. The lowest BCUT2D eigenvalue weighted by Gasteiger charge is -2.14. The number of benzene rings is 2. The van der Waals surface area contributed by atoms with Crippen LogP contribution in [-0.2, 0) is 14.3 Å². The molecule has 0 heterocycles.